The molecule has 0 aliphatic heterocycles. The quantitative estimate of drug-likeness (QED) is 0.831. The Morgan fingerprint density at radius 3 is 2.57 bits per heavy atom. The molecule has 0 radical (unpaired) electrons. The second-order valence-corrected chi connectivity index (χ2v) is 6.20. The number of carbonyl (C=O) groups excluding carboxylic acids is 2. The summed E-state index contributed by atoms with van der Waals surface area (Å²) < 4.78 is 9.87. The first-order valence-electron chi connectivity index (χ1n) is 7.11. The molecule has 0 aliphatic rings. The molecule has 1 N–H and O–H groups in total. The molecule has 0 saturated heterocycles. The highest BCUT2D eigenvalue weighted by atomic mass is 35.5. The maximum atomic E-state index is 11.8. The van der Waals surface area contributed by atoms with Crippen LogP contribution in [-0.2, 0) is 16.0 Å². The Morgan fingerprint density at radius 2 is 2.04 bits per heavy atom. The number of nitrogens with one attached hydrogen (secondary N) is 1. The molecule has 8 heteroatoms. The number of halogens is 1. The van der Waals surface area contributed by atoms with Crippen LogP contribution < -0.4 is 5.32 Å². The van der Waals surface area contributed by atoms with Crippen molar-refractivity contribution in [3.05, 3.63) is 29.0 Å². The van der Waals surface area contributed by atoms with Crippen molar-refractivity contribution in [3.8, 4) is 0 Å². The van der Waals surface area contributed by atoms with Gasteiger partial charge in [0.15, 0.2) is 0 Å². The van der Waals surface area contributed by atoms with Gasteiger partial charge in [0.1, 0.15) is 10.8 Å². The zero-order chi connectivity index (χ0) is 17.5. The first-order valence-corrected chi connectivity index (χ1v) is 7.49. The molecule has 0 fully saturated rings. The topological polar surface area (TPSA) is 80.8 Å². The Morgan fingerprint density at radius 1 is 1.35 bits per heavy atom. The van der Waals surface area contributed by atoms with Crippen LogP contribution in [0.3, 0.4) is 0 Å². The lowest BCUT2D eigenvalue weighted by Gasteiger charge is -2.23. The van der Waals surface area contributed by atoms with Crippen LogP contribution in [0.5, 0.6) is 0 Å². The fraction of sp³-hybridized carbons (Fsp3) is 0.533. The van der Waals surface area contributed by atoms with Crippen molar-refractivity contribution < 1.29 is 19.1 Å². The van der Waals surface area contributed by atoms with Crippen LogP contribution in [-0.4, -0.2) is 47.9 Å². The molecule has 0 unspecified atom stereocenters. The number of pyridine rings is 1. The van der Waals surface area contributed by atoms with E-state index in [-0.39, 0.29) is 13.1 Å². The molecule has 1 heterocycles. The number of rotatable bonds is 5. The zero-order valence-corrected chi connectivity index (χ0v) is 14.5. The summed E-state index contributed by atoms with van der Waals surface area (Å²) in [5.41, 5.74) is 0.234. The average Bonchev–Trinajstić information content (AvgIpc) is 2.45. The molecule has 0 atom stereocenters. The van der Waals surface area contributed by atoms with Gasteiger partial charge in [-0.05, 0) is 32.4 Å². The summed E-state index contributed by atoms with van der Waals surface area (Å²) in [6.07, 6.45) is 0.556. The van der Waals surface area contributed by atoms with Gasteiger partial charge in [0.2, 0.25) is 0 Å². The summed E-state index contributed by atoms with van der Waals surface area (Å²) >= 11 is 5.73. The van der Waals surface area contributed by atoms with Crippen molar-refractivity contribution in [2.24, 2.45) is 0 Å². The fourth-order valence-corrected chi connectivity index (χ4v) is 1.80. The van der Waals surface area contributed by atoms with Crippen LogP contribution in [0.15, 0.2) is 18.3 Å². The first-order chi connectivity index (χ1) is 10.7. The second-order valence-electron chi connectivity index (χ2n) is 5.81. The fourth-order valence-electron chi connectivity index (χ4n) is 1.69. The number of nitrogens with zero attached hydrogens (tertiary/aromatic N) is 2. The largest absolute Gasteiger partial charge is 0.453 e. The maximum Gasteiger partial charge on any atom is 0.409 e. The van der Waals surface area contributed by atoms with Gasteiger partial charge in [-0.25, -0.2) is 14.6 Å². The second kappa shape index (κ2) is 8.57. The molecule has 0 aromatic carbocycles. The van der Waals surface area contributed by atoms with Gasteiger partial charge in [0, 0.05) is 19.3 Å². The smallest absolute Gasteiger partial charge is 0.409 e. The Bertz CT molecular complexity index is 529. The van der Waals surface area contributed by atoms with Crippen LogP contribution >= 0.6 is 11.6 Å². The van der Waals surface area contributed by atoms with E-state index in [4.69, 9.17) is 21.1 Å². The van der Waals surface area contributed by atoms with Crippen LogP contribution in [0.4, 0.5) is 9.59 Å². The van der Waals surface area contributed by atoms with E-state index in [0.717, 1.165) is 5.56 Å². The van der Waals surface area contributed by atoms with Gasteiger partial charge in [0.05, 0.1) is 13.7 Å². The minimum Gasteiger partial charge on any atom is -0.453 e. The van der Waals surface area contributed by atoms with Crippen molar-refractivity contribution in [1.29, 1.82) is 0 Å². The van der Waals surface area contributed by atoms with E-state index in [1.807, 2.05) is 0 Å². The van der Waals surface area contributed by atoms with E-state index in [9.17, 15) is 9.59 Å². The molecule has 1 aromatic heterocycles. The molecule has 2 amide bonds. The highest BCUT2D eigenvalue weighted by Gasteiger charge is 2.18. The van der Waals surface area contributed by atoms with E-state index in [0.29, 0.717) is 11.7 Å². The molecule has 0 saturated carbocycles. The minimum absolute atomic E-state index is 0.241. The van der Waals surface area contributed by atoms with E-state index in [2.05, 4.69) is 10.3 Å². The summed E-state index contributed by atoms with van der Waals surface area (Å²) in [5.74, 6) is 0. The summed E-state index contributed by atoms with van der Waals surface area (Å²) in [7, 11) is 1.30. The Hall–Kier alpha value is -2.02. The normalized spacial score (nSPS) is 10.8. The van der Waals surface area contributed by atoms with Crippen LogP contribution in [0.25, 0.3) is 0 Å². The summed E-state index contributed by atoms with van der Waals surface area (Å²) in [6.45, 7) is 6.15. The van der Waals surface area contributed by atoms with Crippen molar-refractivity contribution in [3.63, 3.8) is 0 Å². The Balaban J connectivity index is 2.54. The molecule has 1 rings (SSSR count). The molecular formula is C15H22ClN3O4. The number of aromatic nitrogens is 1. The number of alkyl carbamates (subject to hydrolysis) is 1. The monoisotopic (exact) mass is 343 g/mol. The molecule has 0 bridgehead atoms. The predicted molar refractivity (Wildman–Crippen MR) is 86.3 cm³/mol. The minimum atomic E-state index is -0.568. The summed E-state index contributed by atoms with van der Waals surface area (Å²) in [4.78, 5) is 28.8. The Kier molecular flexibility index (Phi) is 7.09. The number of hydrogen-bond acceptors (Lipinski definition) is 5. The van der Waals surface area contributed by atoms with Crippen molar-refractivity contribution >= 4 is 23.8 Å². The highest BCUT2D eigenvalue weighted by Crippen LogP contribution is 2.09. The van der Waals surface area contributed by atoms with E-state index in [1.165, 1.54) is 12.0 Å². The molecular weight excluding hydrogens is 322 g/mol. The number of hydrogen-bond donors (Lipinski definition) is 1. The third-order valence-electron chi connectivity index (χ3n) is 2.64. The van der Waals surface area contributed by atoms with E-state index < -0.39 is 17.8 Å². The van der Waals surface area contributed by atoms with Gasteiger partial charge in [-0.3, -0.25) is 0 Å². The molecule has 1 aromatic rings. The molecule has 0 spiro atoms. The number of methoxy groups -OCH3 is 1. The van der Waals surface area contributed by atoms with Gasteiger partial charge >= 0.3 is 12.2 Å². The first kappa shape index (κ1) is 19.0. The van der Waals surface area contributed by atoms with Crippen LogP contribution in [0.2, 0.25) is 5.15 Å². The lowest BCUT2D eigenvalue weighted by atomic mass is 10.2. The van der Waals surface area contributed by atoms with Crippen LogP contribution in [0.1, 0.15) is 26.3 Å². The average molecular weight is 344 g/mol. The third kappa shape index (κ3) is 7.69. The number of amides is 2. The van der Waals surface area contributed by atoms with Crippen molar-refractivity contribution in [2.75, 3.05) is 20.2 Å². The van der Waals surface area contributed by atoms with Crippen molar-refractivity contribution in [2.45, 2.75) is 32.9 Å². The maximum absolute atomic E-state index is 11.8. The van der Waals surface area contributed by atoms with Gasteiger partial charge in [0.25, 0.3) is 0 Å². The van der Waals surface area contributed by atoms with E-state index in [1.54, 1.807) is 39.1 Å². The standard InChI is InChI=1S/C15H22ClN3O4/c1-15(2,3)23-13(20)17-7-8-19(14(21)22-4)10-11-5-6-12(16)18-9-11/h5-6,9H,7-8,10H2,1-4H3,(H,17,20). The van der Waals surface area contributed by atoms with Gasteiger partial charge < -0.3 is 19.7 Å². The summed E-state index contributed by atoms with van der Waals surface area (Å²) in [6, 6.07) is 3.41. The van der Waals surface area contributed by atoms with Crippen LogP contribution in [0, 0.1) is 0 Å². The lowest BCUT2D eigenvalue weighted by molar-refractivity contribution is 0.0518. The third-order valence-corrected chi connectivity index (χ3v) is 2.87. The van der Waals surface area contributed by atoms with Gasteiger partial charge in [-0.15, -0.1) is 0 Å². The molecule has 23 heavy (non-hydrogen) atoms. The number of carbonyl (C=O) groups is 2. The van der Waals surface area contributed by atoms with Crippen molar-refractivity contribution in [1.82, 2.24) is 15.2 Å². The van der Waals surface area contributed by atoms with E-state index >= 15 is 0 Å². The number of ether oxygens (including phenoxy) is 2. The summed E-state index contributed by atoms with van der Waals surface area (Å²) in [5, 5.41) is 2.98. The van der Waals surface area contributed by atoms with Gasteiger partial charge in [-0.1, -0.05) is 17.7 Å². The Labute approximate surface area is 140 Å². The molecule has 7 nitrogen and oxygen atoms in total. The lowest BCUT2D eigenvalue weighted by Crippen LogP contribution is -2.40. The highest BCUT2D eigenvalue weighted by molar-refractivity contribution is 6.29. The molecule has 128 valence electrons. The molecule has 0 aliphatic carbocycles. The zero-order valence-electron chi connectivity index (χ0n) is 13.8. The predicted octanol–water partition coefficient (Wildman–Crippen LogP) is 2.83. The van der Waals surface area contributed by atoms with Gasteiger partial charge in [-0.2, -0.15) is 0 Å². The SMILES string of the molecule is COC(=O)N(CCNC(=O)OC(C)(C)C)Cc1ccc(Cl)nc1.